The minimum absolute atomic E-state index is 0. The molecule has 1 fully saturated rings. The lowest BCUT2D eigenvalue weighted by Crippen LogP contribution is -2.49. The predicted octanol–water partition coefficient (Wildman–Crippen LogP) is 1.10. The topological polar surface area (TPSA) is 93.5 Å². The van der Waals surface area contributed by atoms with E-state index in [1.807, 2.05) is 11.6 Å². The number of hydrogen-bond donors (Lipinski definition) is 1. The number of nitrogens with one attached hydrogen (secondary N) is 1. The quantitative estimate of drug-likeness (QED) is 0.736. The maximum absolute atomic E-state index is 13.1. The summed E-state index contributed by atoms with van der Waals surface area (Å²) in [6, 6.07) is 6.15. The van der Waals surface area contributed by atoms with Gasteiger partial charge < -0.3 is 14.6 Å². The number of ether oxygens (including phenoxy) is 1. The van der Waals surface area contributed by atoms with Crippen LogP contribution in [0.5, 0.6) is 0 Å². The van der Waals surface area contributed by atoms with Crippen molar-refractivity contribution in [1.82, 2.24) is 19.2 Å². The van der Waals surface area contributed by atoms with E-state index < -0.39 is 16.0 Å². The van der Waals surface area contributed by atoms with Crippen LogP contribution in [-0.4, -0.2) is 55.0 Å². The molecule has 0 spiro atoms. The molecule has 0 aliphatic carbocycles. The van der Waals surface area contributed by atoms with Gasteiger partial charge in [0.1, 0.15) is 5.82 Å². The molecule has 1 N–H and O–H groups in total. The van der Waals surface area contributed by atoms with Crippen LogP contribution in [0.15, 0.2) is 36.7 Å². The monoisotopic (exact) mass is 414 g/mol. The molecule has 8 nitrogen and oxygen atoms in total. The van der Waals surface area contributed by atoms with Crippen LogP contribution in [-0.2, 0) is 27.6 Å². The summed E-state index contributed by atoms with van der Waals surface area (Å²) >= 11 is 0. The van der Waals surface area contributed by atoms with E-state index in [2.05, 4.69) is 10.3 Å². The third kappa shape index (κ3) is 4.67. The normalized spacial score (nSPS) is 17.9. The van der Waals surface area contributed by atoms with Crippen molar-refractivity contribution >= 4 is 28.4 Å². The third-order valence-electron chi connectivity index (χ3n) is 4.41. The summed E-state index contributed by atoms with van der Waals surface area (Å²) in [6.07, 6.45) is 3.46. The standard InChI is InChI=1S/C17H22N4O4S.ClH/c1-20-8-7-19-16(20)15-11-18-6-9-21(15)26(23,24)12-13-4-3-5-14(10-13)17(22)25-2;/h3-5,7-8,10,15,18H,6,9,11-12H2,1-2H3;1H. The summed E-state index contributed by atoms with van der Waals surface area (Å²) < 4.78 is 34.2. The van der Waals surface area contributed by atoms with Crippen molar-refractivity contribution in [3.63, 3.8) is 0 Å². The van der Waals surface area contributed by atoms with E-state index in [0.717, 1.165) is 0 Å². The smallest absolute Gasteiger partial charge is 0.337 e. The van der Waals surface area contributed by atoms with E-state index in [4.69, 9.17) is 4.74 Å². The van der Waals surface area contributed by atoms with E-state index in [1.54, 1.807) is 36.7 Å². The molecule has 0 bridgehead atoms. The SMILES string of the molecule is COC(=O)c1cccc(CS(=O)(=O)N2CCNCC2c2nccn2C)c1.Cl. The van der Waals surface area contributed by atoms with E-state index in [0.29, 0.717) is 36.6 Å². The number of esters is 1. The molecule has 1 aliphatic heterocycles. The number of hydrogen-bond acceptors (Lipinski definition) is 6. The molecule has 0 amide bonds. The van der Waals surface area contributed by atoms with Crippen molar-refractivity contribution < 1.29 is 17.9 Å². The fraction of sp³-hybridized carbons (Fsp3) is 0.412. The Morgan fingerprint density at radius 3 is 2.85 bits per heavy atom. The van der Waals surface area contributed by atoms with Crippen molar-refractivity contribution in [1.29, 1.82) is 0 Å². The van der Waals surface area contributed by atoms with Crippen LogP contribution in [0.1, 0.15) is 27.8 Å². The van der Waals surface area contributed by atoms with Crippen molar-refractivity contribution in [2.24, 2.45) is 7.05 Å². The maximum Gasteiger partial charge on any atom is 0.337 e. The summed E-state index contributed by atoms with van der Waals surface area (Å²) in [4.78, 5) is 16.0. The molecular formula is C17H23ClN4O4S. The number of benzene rings is 1. The van der Waals surface area contributed by atoms with Gasteiger partial charge in [0.25, 0.3) is 0 Å². The Hall–Kier alpha value is -1.94. The van der Waals surface area contributed by atoms with Crippen LogP contribution in [0.4, 0.5) is 0 Å². The molecule has 1 saturated heterocycles. The van der Waals surface area contributed by atoms with Crippen LogP contribution in [0.2, 0.25) is 0 Å². The van der Waals surface area contributed by atoms with Gasteiger partial charge in [-0.3, -0.25) is 0 Å². The first-order valence-corrected chi connectivity index (χ1v) is 9.88. The van der Waals surface area contributed by atoms with Crippen LogP contribution >= 0.6 is 12.4 Å². The fourth-order valence-corrected chi connectivity index (χ4v) is 4.83. The van der Waals surface area contributed by atoms with Gasteiger partial charge in [0.2, 0.25) is 10.0 Å². The summed E-state index contributed by atoms with van der Waals surface area (Å²) in [5, 5.41) is 3.23. The average Bonchev–Trinajstić information content (AvgIpc) is 3.06. The Morgan fingerprint density at radius 2 is 2.19 bits per heavy atom. The molecule has 3 rings (SSSR count). The molecule has 1 aliphatic rings. The van der Waals surface area contributed by atoms with Gasteiger partial charge in [-0.25, -0.2) is 18.2 Å². The average molecular weight is 415 g/mol. The zero-order valence-electron chi connectivity index (χ0n) is 15.2. The van der Waals surface area contributed by atoms with Crippen molar-refractivity contribution in [2.75, 3.05) is 26.7 Å². The number of piperazine rings is 1. The second-order valence-electron chi connectivity index (χ2n) is 6.18. The van der Waals surface area contributed by atoms with Gasteiger partial charge in [0, 0.05) is 39.1 Å². The van der Waals surface area contributed by atoms with Crippen molar-refractivity contribution in [3.8, 4) is 0 Å². The summed E-state index contributed by atoms with van der Waals surface area (Å²) in [6.45, 7) is 1.46. The summed E-state index contributed by atoms with van der Waals surface area (Å²) in [5.74, 6) is 0.0278. The third-order valence-corrected chi connectivity index (χ3v) is 6.26. The number of halogens is 1. The first-order valence-electron chi connectivity index (χ1n) is 8.27. The summed E-state index contributed by atoms with van der Waals surface area (Å²) in [5.41, 5.74) is 0.881. The van der Waals surface area contributed by atoms with Crippen LogP contribution in [0.3, 0.4) is 0 Å². The van der Waals surface area contributed by atoms with Crippen LogP contribution in [0, 0.1) is 0 Å². The molecule has 1 unspecified atom stereocenters. The maximum atomic E-state index is 13.1. The molecular weight excluding hydrogens is 392 g/mol. The summed E-state index contributed by atoms with van der Waals surface area (Å²) in [7, 11) is -0.445. The minimum Gasteiger partial charge on any atom is -0.465 e. The first-order chi connectivity index (χ1) is 12.4. The molecule has 148 valence electrons. The predicted molar refractivity (Wildman–Crippen MR) is 103 cm³/mol. The molecule has 2 aromatic rings. The Morgan fingerprint density at radius 1 is 1.41 bits per heavy atom. The Labute approximate surface area is 165 Å². The zero-order valence-corrected chi connectivity index (χ0v) is 16.8. The lowest BCUT2D eigenvalue weighted by Gasteiger charge is -2.34. The highest BCUT2D eigenvalue weighted by Gasteiger charge is 2.35. The number of methoxy groups -OCH3 is 1. The molecule has 2 heterocycles. The van der Waals surface area contributed by atoms with Gasteiger partial charge in [-0.15, -0.1) is 12.4 Å². The number of aryl methyl sites for hydroxylation is 1. The molecule has 1 atom stereocenters. The van der Waals surface area contributed by atoms with Gasteiger partial charge in [-0.1, -0.05) is 12.1 Å². The second kappa shape index (κ2) is 8.83. The number of sulfonamides is 1. The van der Waals surface area contributed by atoms with Gasteiger partial charge in [-0.2, -0.15) is 4.31 Å². The Balaban J connectivity index is 0.00000261. The number of carbonyl (C=O) groups excluding carboxylic acids is 1. The van der Waals surface area contributed by atoms with Crippen LogP contribution < -0.4 is 5.32 Å². The van der Waals surface area contributed by atoms with Gasteiger partial charge in [-0.05, 0) is 17.7 Å². The number of nitrogens with zero attached hydrogens (tertiary/aromatic N) is 3. The van der Waals surface area contributed by atoms with E-state index in [1.165, 1.54) is 11.4 Å². The number of carbonyl (C=O) groups is 1. The second-order valence-corrected chi connectivity index (χ2v) is 8.10. The number of aromatic nitrogens is 2. The Bertz CT molecular complexity index is 900. The lowest BCUT2D eigenvalue weighted by atomic mass is 10.1. The molecule has 10 heteroatoms. The van der Waals surface area contributed by atoms with E-state index in [9.17, 15) is 13.2 Å². The van der Waals surface area contributed by atoms with E-state index in [-0.39, 0.29) is 24.2 Å². The highest BCUT2D eigenvalue weighted by Crippen LogP contribution is 2.26. The first kappa shape index (κ1) is 21.4. The fourth-order valence-electron chi connectivity index (χ4n) is 3.14. The zero-order chi connectivity index (χ0) is 18.7. The minimum atomic E-state index is -3.59. The van der Waals surface area contributed by atoms with Gasteiger partial charge >= 0.3 is 5.97 Å². The number of imidazole rings is 1. The van der Waals surface area contributed by atoms with Gasteiger partial charge in [0.15, 0.2) is 0 Å². The van der Waals surface area contributed by atoms with Gasteiger partial charge in [0.05, 0.1) is 24.5 Å². The van der Waals surface area contributed by atoms with E-state index >= 15 is 0 Å². The van der Waals surface area contributed by atoms with Crippen LogP contribution in [0.25, 0.3) is 0 Å². The highest BCUT2D eigenvalue weighted by molar-refractivity contribution is 7.88. The van der Waals surface area contributed by atoms with Crippen molar-refractivity contribution in [2.45, 2.75) is 11.8 Å². The number of rotatable bonds is 5. The highest BCUT2D eigenvalue weighted by atomic mass is 35.5. The Kier molecular flexibility index (Phi) is 6.99. The lowest BCUT2D eigenvalue weighted by molar-refractivity contribution is 0.0600. The molecule has 0 saturated carbocycles. The molecule has 1 aromatic heterocycles. The van der Waals surface area contributed by atoms with Crippen molar-refractivity contribution in [3.05, 3.63) is 53.6 Å². The molecule has 0 radical (unpaired) electrons. The molecule has 1 aromatic carbocycles. The largest absolute Gasteiger partial charge is 0.465 e. The molecule has 27 heavy (non-hydrogen) atoms.